The summed E-state index contributed by atoms with van der Waals surface area (Å²) >= 11 is 0. The van der Waals surface area contributed by atoms with E-state index in [0.29, 0.717) is 17.9 Å². The quantitative estimate of drug-likeness (QED) is 0.754. The Morgan fingerprint density at radius 1 is 1.00 bits per heavy atom. The maximum absolute atomic E-state index is 3.58. The molecule has 102 valence electrons. The first kappa shape index (κ1) is 15.2. The van der Waals surface area contributed by atoms with Gasteiger partial charge in [-0.15, -0.1) is 0 Å². The van der Waals surface area contributed by atoms with Gasteiger partial charge in [0, 0.05) is 6.04 Å². The molecule has 0 aliphatic heterocycles. The van der Waals surface area contributed by atoms with Gasteiger partial charge in [0.2, 0.25) is 0 Å². The van der Waals surface area contributed by atoms with Crippen LogP contribution < -0.4 is 5.32 Å². The van der Waals surface area contributed by atoms with E-state index >= 15 is 0 Å². The van der Waals surface area contributed by atoms with E-state index in [1.54, 1.807) is 0 Å². The van der Waals surface area contributed by atoms with Crippen LogP contribution in [0, 0.1) is 5.92 Å². The number of rotatable bonds is 7. The molecule has 0 bridgehead atoms. The lowest BCUT2D eigenvalue weighted by Crippen LogP contribution is -2.35. The third kappa shape index (κ3) is 4.45. The van der Waals surface area contributed by atoms with Gasteiger partial charge in [-0.05, 0) is 42.3 Å². The summed E-state index contributed by atoms with van der Waals surface area (Å²) in [5.74, 6) is 1.32. The zero-order valence-corrected chi connectivity index (χ0v) is 12.7. The minimum atomic E-state index is 0.627. The summed E-state index contributed by atoms with van der Waals surface area (Å²) < 4.78 is 0. The van der Waals surface area contributed by atoms with E-state index in [9.17, 15) is 0 Å². The molecule has 0 fully saturated rings. The fraction of sp³-hybridized carbons (Fsp3) is 0.647. The Morgan fingerprint density at radius 3 is 2.06 bits per heavy atom. The molecule has 1 aromatic carbocycles. The van der Waals surface area contributed by atoms with Gasteiger partial charge in [-0.25, -0.2) is 0 Å². The standard InChI is InChI=1S/C17H29N/c1-6-17(18-7-2)14(5)12-15-8-10-16(11-9-15)13(3)4/h8-11,13-14,17-18H,6-7,12H2,1-5H3. The second-order valence-corrected chi connectivity index (χ2v) is 5.65. The van der Waals surface area contributed by atoms with Crippen LogP contribution in [-0.2, 0) is 6.42 Å². The van der Waals surface area contributed by atoms with Crippen molar-refractivity contribution < 1.29 is 0 Å². The van der Waals surface area contributed by atoms with Crippen LogP contribution in [0.1, 0.15) is 58.1 Å². The molecule has 0 saturated heterocycles. The van der Waals surface area contributed by atoms with Gasteiger partial charge < -0.3 is 5.32 Å². The number of benzene rings is 1. The van der Waals surface area contributed by atoms with E-state index in [2.05, 4.69) is 64.2 Å². The average Bonchev–Trinajstić information content (AvgIpc) is 2.36. The highest BCUT2D eigenvalue weighted by atomic mass is 14.9. The van der Waals surface area contributed by atoms with Gasteiger partial charge in [-0.3, -0.25) is 0 Å². The Morgan fingerprint density at radius 2 is 1.61 bits per heavy atom. The summed E-state index contributed by atoms with van der Waals surface area (Å²) in [4.78, 5) is 0. The van der Waals surface area contributed by atoms with Crippen LogP contribution in [0.2, 0.25) is 0 Å². The van der Waals surface area contributed by atoms with Crippen molar-refractivity contribution in [3.05, 3.63) is 35.4 Å². The summed E-state index contributed by atoms with van der Waals surface area (Å²) in [7, 11) is 0. The van der Waals surface area contributed by atoms with Crippen LogP contribution in [0.4, 0.5) is 0 Å². The molecule has 1 rings (SSSR count). The van der Waals surface area contributed by atoms with Crippen LogP contribution in [0.15, 0.2) is 24.3 Å². The Labute approximate surface area is 113 Å². The van der Waals surface area contributed by atoms with Gasteiger partial charge in [0.25, 0.3) is 0 Å². The van der Waals surface area contributed by atoms with E-state index < -0.39 is 0 Å². The highest BCUT2D eigenvalue weighted by molar-refractivity contribution is 5.25. The molecule has 1 aromatic rings. The third-order valence-corrected chi connectivity index (χ3v) is 3.80. The maximum atomic E-state index is 3.58. The van der Waals surface area contributed by atoms with Gasteiger partial charge in [0.15, 0.2) is 0 Å². The van der Waals surface area contributed by atoms with Gasteiger partial charge >= 0.3 is 0 Å². The van der Waals surface area contributed by atoms with Gasteiger partial charge in [0.05, 0.1) is 0 Å². The van der Waals surface area contributed by atoms with E-state index in [1.165, 1.54) is 24.0 Å². The molecule has 1 heteroatoms. The molecule has 0 spiro atoms. The zero-order valence-electron chi connectivity index (χ0n) is 12.7. The Hall–Kier alpha value is -0.820. The lowest BCUT2D eigenvalue weighted by atomic mass is 9.91. The van der Waals surface area contributed by atoms with Gasteiger partial charge in [-0.2, -0.15) is 0 Å². The van der Waals surface area contributed by atoms with Crippen molar-refractivity contribution in [3.63, 3.8) is 0 Å². The van der Waals surface area contributed by atoms with Crippen LogP contribution in [-0.4, -0.2) is 12.6 Å². The van der Waals surface area contributed by atoms with Crippen LogP contribution >= 0.6 is 0 Å². The monoisotopic (exact) mass is 247 g/mol. The lowest BCUT2D eigenvalue weighted by molar-refractivity contribution is 0.371. The average molecular weight is 247 g/mol. The second-order valence-electron chi connectivity index (χ2n) is 5.65. The molecule has 0 saturated carbocycles. The van der Waals surface area contributed by atoms with Crippen molar-refractivity contribution in [2.45, 2.75) is 59.4 Å². The first-order chi connectivity index (χ1) is 8.58. The van der Waals surface area contributed by atoms with E-state index in [-0.39, 0.29) is 0 Å². The minimum Gasteiger partial charge on any atom is -0.314 e. The minimum absolute atomic E-state index is 0.627. The molecule has 1 nitrogen and oxygen atoms in total. The first-order valence-corrected chi connectivity index (χ1v) is 7.40. The fourth-order valence-electron chi connectivity index (χ4n) is 2.56. The number of nitrogens with one attached hydrogen (secondary N) is 1. The molecule has 0 aromatic heterocycles. The number of hydrogen-bond donors (Lipinski definition) is 1. The van der Waals surface area contributed by atoms with Crippen molar-refractivity contribution in [2.24, 2.45) is 5.92 Å². The molecule has 0 aliphatic rings. The van der Waals surface area contributed by atoms with Crippen molar-refractivity contribution in [1.82, 2.24) is 5.32 Å². The molecule has 0 aliphatic carbocycles. The van der Waals surface area contributed by atoms with Gasteiger partial charge in [-0.1, -0.05) is 58.9 Å². The molecule has 1 N–H and O–H groups in total. The van der Waals surface area contributed by atoms with Crippen molar-refractivity contribution in [3.8, 4) is 0 Å². The second kappa shape index (κ2) is 7.58. The SMILES string of the molecule is CCNC(CC)C(C)Cc1ccc(C(C)C)cc1. The number of hydrogen-bond acceptors (Lipinski definition) is 1. The Bertz CT molecular complexity index is 326. The van der Waals surface area contributed by atoms with E-state index in [1.807, 2.05) is 0 Å². The van der Waals surface area contributed by atoms with E-state index in [0.717, 1.165) is 6.54 Å². The summed E-state index contributed by atoms with van der Waals surface area (Å²) in [6.07, 6.45) is 2.38. The normalized spacial score (nSPS) is 14.8. The molecule has 0 radical (unpaired) electrons. The predicted molar refractivity (Wildman–Crippen MR) is 81.2 cm³/mol. The molecule has 2 unspecified atom stereocenters. The van der Waals surface area contributed by atoms with Crippen LogP contribution in [0.3, 0.4) is 0 Å². The topological polar surface area (TPSA) is 12.0 Å². The molecule has 2 atom stereocenters. The molecular formula is C17H29N. The first-order valence-electron chi connectivity index (χ1n) is 7.40. The highest BCUT2D eigenvalue weighted by Gasteiger charge is 2.14. The van der Waals surface area contributed by atoms with Crippen LogP contribution in [0.25, 0.3) is 0 Å². The van der Waals surface area contributed by atoms with E-state index in [4.69, 9.17) is 0 Å². The summed E-state index contributed by atoms with van der Waals surface area (Å²) in [6, 6.07) is 9.79. The van der Waals surface area contributed by atoms with Crippen molar-refractivity contribution >= 4 is 0 Å². The third-order valence-electron chi connectivity index (χ3n) is 3.80. The summed E-state index contributed by atoms with van der Waals surface area (Å²) in [5, 5.41) is 3.58. The molecular weight excluding hydrogens is 218 g/mol. The summed E-state index contributed by atoms with van der Waals surface area (Å²) in [6.45, 7) is 12.4. The maximum Gasteiger partial charge on any atom is 0.00931 e. The lowest BCUT2D eigenvalue weighted by Gasteiger charge is -2.23. The van der Waals surface area contributed by atoms with Crippen LogP contribution in [0.5, 0.6) is 0 Å². The molecule has 18 heavy (non-hydrogen) atoms. The van der Waals surface area contributed by atoms with Crippen molar-refractivity contribution in [1.29, 1.82) is 0 Å². The zero-order chi connectivity index (χ0) is 13.5. The predicted octanol–water partition coefficient (Wildman–Crippen LogP) is 4.38. The van der Waals surface area contributed by atoms with Gasteiger partial charge in [0.1, 0.15) is 0 Å². The Balaban J connectivity index is 2.60. The largest absolute Gasteiger partial charge is 0.314 e. The Kier molecular flexibility index (Phi) is 6.42. The smallest absolute Gasteiger partial charge is 0.00931 e. The molecule has 0 heterocycles. The molecule has 0 amide bonds. The highest BCUT2D eigenvalue weighted by Crippen LogP contribution is 2.18. The summed E-state index contributed by atoms with van der Waals surface area (Å²) in [5.41, 5.74) is 2.90. The fourth-order valence-corrected chi connectivity index (χ4v) is 2.56. The van der Waals surface area contributed by atoms with Crippen molar-refractivity contribution in [2.75, 3.05) is 6.54 Å².